The van der Waals surface area contributed by atoms with Gasteiger partial charge < -0.3 is 10.5 Å². The van der Waals surface area contributed by atoms with Crippen molar-refractivity contribution in [2.24, 2.45) is 0 Å². The Hall–Kier alpha value is -1.55. The third kappa shape index (κ3) is 5.36. The lowest BCUT2D eigenvalue weighted by molar-refractivity contribution is -0.148. The van der Waals surface area contributed by atoms with Crippen molar-refractivity contribution in [2.75, 3.05) is 19.3 Å². The van der Waals surface area contributed by atoms with E-state index >= 15 is 0 Å². The van der Waals surface area contributed by atoms with Crippen molar-refractivity contribution in [1.29, 1.82) is 0 Å². The number of hydrogen-bond acceptors (Lipinski definition) is 4. The topological polar surface area (TPSA) is 55.6 Å². The van der Waals surface area contributed by atoms with Crippen molar-refractivity contribution in [1.82, 2.24) is 4.90 Å². The Morgan fingerprint density at radius 1 is 1.35 bits per heavy atom. The number of rotatable bonds is 5. The van der Waals surface area contributed by atoms with Gasteiger partial charge in [-0.15, -0.1) is 0 Å². The Morgan fingerprint density at radius 3 is 2.47 bits per heavy atom. The highest BCUT2D eigenvalue weighted by Gasteiger charge is 2.09. The van der Waals surface area contributed by atoms with Gasteiger partial charge in [-0.3, -0.25) is 9.69 Å². The molecule has 0 spiro atoms. The van der Waals surface area contributed by atoms with Crippen LogP contribution in [0.4, 0.5) is 5.69 Å². The van der Waals surface area contributed by atoms with Crippen molar-refractivity contribution in [3.63, 3.8) is 0 Å². The predicted molar refractivity (Wildman–Crippen MR) is 68.4 cm³/mol. The first-order valence-electron chi connectivity index (χ1n) is 5.70. The molecule has 0 amide bonds. The van der Waals surface area contributed by atoms with Gasteiger partial charge in [0.25, 0.3) is 0 Å². The number of esters is 1. The summed E-state index contributed by atoms with van der Waals surface area (Å²) in [7, 11) is 1.89. The fraction of sp³-hybridized carbons (Fsp3) is 0.462. The van der Waals surface area contributed by atoms with Crippen LogP contribution in [0.2, 0.25) is 0 Å². The van der Waals surface area contributed by atoms with Crippen LogP contribution in [0.3, 0.4) is 0 Å². The SMILES string of the molecule is CC(C)OC(=O)CN(C)Cc1ccc(N)cc1. The highest BCUT2D eigenvalue weighted by molar-refractivity contribution is 5.71. The zero-order chi connectivity index (χ0) is 12.8. The molecule has 0 fully saturated rings. The van der Waals surface area contributed by atoms with Gasteiger partial charge in [0.05, 0.1) is 12.6 Å². The van der Waals surface area contributed by atoms with Gasteiger partial charge in [0.15, 0.2) is 0 Å². The number of nitrogen functional groups attached to an aromatic ring is 1. The van der Waals surface area contributed by atoms with E-state index in [1.807, 2.05) is 50.1 Å². The van der Waals surface area contributed by atoms with Crippen LogP contribution in [0.15, 0.2) is 24.3 Å². The molecule has 0 aliphatic rings. The molecular weight excluding hydrogens is 216 g/mol. The van der Waals surface area contributed by atoms with Crippen molar-refractivity contribution in [3.8, 4) is 0 Å². The number of carbonyl (C=O) groups excluding carboxylic acids is 1. The lowest BCUT2D eigenvalue weighted by Gasteiger charge is -2.17. The van der Waals surface area contributed by atoms with E-state index in [4.69, 9.17) is 10.5 Å². The van der Waals surface area contributed by atoms with E-state index < -0.39 is 0 Å². The summed E-state index contributed by atoms with van der Waals surface area (Å²) in [5.74, 6) is -0.196. The maximum Gasteiger partial charge on any atom is 0.320 e. The molecular formula is C13H20N2O2. The highest BCUT2D eigenvalue weighted by Crippen LogP contribution is 2.07. The average molecular weight is 236 g/mol. The molecule has 0 unspecified atom stereocenters. The summed E-state index contributed by atoms with van der Waals surface area (Å²) < 4.78 is 5.08. The van der Waals surface area contributed by atoms with Crippen molar-refractivity contribution in [3.05, 3.63) is 29.8 Å². The average Bonchev–Trinajstić information content (AvgIpc) is 2.19. The molecule has 4 nitrogen and oxygen atoms in total. The first kappa shape index (κ1) is 13.5. The Kier molecular flexibility index (Phi) is 4.97. The third-order valence-electron chi connectivity index (χ3n) is 2.20. The molecule has 1 aromatic rings. The Bertz CT molecular complexity index is 360. The molecule has 2 N–H and O–H groups in total. The summed E-state index contributed by atoms with van der Waals surface area (Å²) in [6.07, 6.45) is -0.0626. The molecule has 0 saturated heterocycles. The summed E-state index contributed by atoms with van der Waals surface area (Å²) in [4.78, 5) is 13.3. The standard InChI is InChI=1S/C13H20N2O2/c1-10(2)17-13(16)9-15(3)8-11-4-6-12(14)7-5-11/h4-7,10H,8-9,14H2,1-3H3. The Balaban J connectivity index is 2.41. The summed E-state index contributed by atoms with van der Waals surface area (Å²) in [6, 6.07) is 7.63. The minimum Gasteiger partial charge on any atom is -0.462 e. The molecule has 0 aromatic heterocycles. The molecule has 0 saturated carbocycles. The summed E-state index contributed by atoms with van der Waals surface area (Å²) in [6.45, 7) is 4.69. The van der Waals surface area contributed by atoms with Gasteiger partial charge in [-0.1, -0.05) is 12.1 Å². The first-order valence-corrected chi connectivity index (χ1v) is 5.70. The minimum atomic E-state index is -0.196. The van der Waals surface area contributed by atoms with Gasteiger partial charge in [0.1, 0.15) is 0 Å². The molecule has 0 bridgehead atoms. The van der Waals surface area contributed by atoms with E-state index in [1.54, 1.807) is 0 Å². The van der Waals surface area contributed by atoms with Gasteiger partial charge in [-0.25, -0.2) is 0 Å². The van der Waals surface area contributed by atoms with Crippen molar-refractivity contribution in [2.45, 2.75) is 26.5 Å². The smallest absolute Gasteiger partial charge is 0.320 e. The van der Waals surface area contributed by atoms with E-state index in [0.717, 1.165) is 11.3 Å². The number of ether oxygens (including phenoxy) is 1. The van der Waals surface area contributed by atoms with Crippen molar-refractivity contribution >= 4 is 11.7 Å². The normalized spacial score (nSPS) is 10.9. The number of benzene rings is 1. The Morgan fingerprint density at radius 2 is 1.94 bits per heavy atom. The van der Waals surface area contributed by atoms with Crippen LogP contribution in [0, 0.1) is 0 Å². The molecule has 0 aliphatic carbocycles. The van der Waals surface area contributed by atoms with Gasteiger partial charge >= 0.3 is 5.97 Å². The quantitative estimate of drug-likeness (QED) is 0.624. The zero-order valence-corrected chi connectivity index (χ0v) is 10.6. The fourth-order valence-corrected chi connectivity index (χ4v) is 1.51. The van der Waals surface area contributed by atoms with Crippen LogP contribution in [0.1, 0.15) is 19.4 Å². The Labute approximate surface area is 102 Å². The van der Waals surface area contributed by atoms with Crippen LogP contribution in [0.25, 0.3) is 0 Å². The maximum atomic E-state index is 11.4. The third-order valence-corrected chi connectivity index (χ3v) is 2.20. The van der Waals surface area contributed by atoms with E-state index in [2.05, 4.69) is 0 Å². The maximum absolute atomic E-state index is 11.4. The second-order valence-electron chi connectivity index (χ2n) is 4.45. The zero-order valence-electron chi connectivity index (χ0n) is 10.6. The van der Waals surface area contributed by atoms with Gasteiger partial charge in [0, 0.05) is 12.2 Å². The van der Waals surface area contributed by atoms with Gasteiger partial charge in [-0.05, 0) is 38.6 Å². The van der Waals surface area contributed by atoms with E-state index in [9.17, 15) is 4.79 Å². The molecule has 94 valence electrons. The molecule has 0 atom stereocenters. The molecule has 0 aliphatic heterocycles. The second kappa shape index (κ2) is 6.25. The molecule has 4 heteroatoms. The fourth-order valence-electron chi connectivity index (χ4n) is 1.51. The van der Waals surface area contributed by atoms with Gasteiger partial charge in [0.2, 0.25) is 0 Å². The molecule has 17 heavy (non-hydrogen) atoms. The summed E-state index contributed by atoms with van der Waals surface area (Å²) in [5, 5.41) is 0. The monoisotopic (exact) mass is 236 g/mol. The van der Waals surface area contributed by atoms with Gasteiger partial charge in [-0.2, -0.15) is 0 Å². The molecule has 1 rings (SSSR count). The number of nitrogens with two attached hydrogens (primary N) is 1. The van der Waals surface area contributed by atoms with E-state index in [0.29, 0.717) is 13.1 Å². The predicted octanol–water partition coefficient (Wildman–Crippen LogP) is 1.65. The first-order chi connectivity index (χ1) is 7.97. The summed E-state index contributed by atoms with van der Waals surface area (Å²) in [5.41, 5.74) is 7.48. The lowest BCUT2D eigenvalue weighted by Crippen LogP contribution is -2.28. The number of carbonyl (C=O) groups is 1. The molecule has 0 heterocycles. The van der Waals surface area contributed by atoms with E-state index in [1.165, 1.54) is 0 Å². The second-order valence-corrected chi connectivity index (χ2v) is 4.45. The van der Waals surface area contributed by atoms with Crippen LogP contribution >= 0.6 is 0 Å². The van der Waals surface area contributed by atoms with Crippen LogP contribution in [-0.4, -0.2) is 30.6 Å². The number of nitrogens with zero attached hydrogens (tertiary/aromatic N) is 1. The molecule has 0 radical (unpaired) electrons. The highest BCUT2D eigenvalue weighted by atomic mass is 16.5. The minimum absolute atomic E-state index is 0.0626. The summed E-state index contributed by atoms with van der Waals surface area (Å²) >= 11 is 0. The van der Waals surface area contributed by atoms with E-state index in [-0.39, 0.29) is 12.1 Å². The number of hydrogen-bond donors (Lipinski definition) is 1. The van der Waals surface area contributed by atoms with Crippen LogP contribution < -0.4 is 5.73 Å². The van der Waals surface area contributed by atoms with Crippen LogP contribution in [0.5, 0.6) is 0 Å². The number of anilines is 1. The molecule has 1 aromatic carbocycles. The van der Waals surface area contributed by atoms with Crippen LogP contribution in [-0.2, 0) is 16.1 Å². The van der Waals surface area contributed by atoms with Crippen molar-refractivity contribution < 1.29 is 9.53 Å². The number of likely N-dealkylation sites (N-methyl/N-ethyl adjacent to an activating group) is 1. The lowest BCUT2D eigenvalue weighted by atomic mass is 10.2. The largest absolute Gasteiger partial charge is 0.462 e.